The van der Waals surface area contributed by atoms with E-state index in [1.807, 2.05) is 4.90 Å². The summed E-state index contributed by atoms with van der Waals surface area (Å²) in [5, 5.41) is 3.51. The summed E-state index contributed by atoms with van der Waals surface area (Å²) in [5.41, 5.74) is 2.77. The number of carbonyl (C=O) groups is 1. The van der Waals surface area contributed by atoms with E-state index in [0.29, 0.717) is 18.4 Å². The Morgan fingerprint density at radius 2 is 2.00 bits per heavy atom. The van der Waals surface area contributed by atoms with Gasteiger partial charge in [0.1, 0.15) is 0 Å². The van der Waals surface area contributed by atoms with Crippen molar-refractivity contribution in [1.29, 1.82) is 0 Å². The lowest BCUT2D eigenvalue weighted by Crippen LogP contribution is -2.35. The average molecular weight is 258 g/mol. The molecule has 1 amide bonds. The molecule has 0 radical (unpaired) electrons. The molecule has 1 saturated heterocycles. The molecule has 102 valence electrons. The van der Waals surface area contributed by atoms with Crippen molar-refractivity contribution < 1.29 is 4.79 Å². The number of benzene rings is 1. The Kier molecular flexibility index (Phi) is 3.83. The first-order chi connectivity index (χ1) is 9.34. The van der Waals surface area contributed by atoms with Gasteiger partial charge in [-0.1, -0.05) is 24.3 Å². The van der Waals surface area contributed by atoms with E-state index in [9.17, 15) is 4.79 Å². The molecule has 1 fully saturated rings. The fourth-order valence-electron chi connectivity index (χ4n) is 3.21. The van der Waals surface area contributed by atoms with Gasteiger partial charge in [0.25, 0.3) is 0 Å². The van der Waals surface area contributed by atoms with Gasteiger partial charge in [-0.15, -0.1) is 0 Å². The second-order valence-electron chi connectivity index (χ2n) is 5.61. The van der Waals surface area contributed by atoms with Crippen LogP contribution in [0.3, 0.4) is 0 Å². The van der Waals surface area contributed by atoms with Crippen LogP contribution in [0.2, 0.25) is 0 Å². The summed E-state index contributed by atoms with van der Waals surface area (Å²) in [4.78, 5) is 14.2. The van der Waals surface area contributed by atoms with Crippen molar-refractivity contribution in [1.82, 2.24) is 10.2 Å². The van der Waals surface area contributed by atoms with E-state index in [2.05, 4.69) is 29.6 Å². The molecular formula is C16H22N2O. The molecule has 0 aliphatic carbocycles. The molecule has 3 nitrogen and oxygen atoms in total. The number of nitrogens with zero attached hydrogens (tertiary/aromatic N) is 1. The third kappa shape index (κ3) is 2.81. The van der Waals surface area contributed by atoms with E-state index >= 15 is 0 Å². The molecule has 2 aliphatic rings. The zero-order valence-electron chi connectivity index (χ0n) is 11.4. The lowest BCUT2D eigenvalue weighted by atomic mass is 10.0. The van der Waals surface area contributed by atoms with Crippen LogP contribution in [0.15, 0.2) is 24.3 Å². The van der Waals surface area contributed by atoms with Crippen LogP contribution >= 0.6 is 0 Å². The molecule has 3 heteroatoms. The van der Waals surface area contributed by atoms with Crippen LogP contribution < -0.4 is 5.32 Å². The van der Waals surface area contributed by atoms with Crippen molar-refractivity contribution >= 4 is 5.91 Å². The highest BCUT2D eigenvalue weighted by molar-refractivity contribution is 5.76. The first-order valence-electron chi connectivity index (χ1n) is 7.43. The summed E-state index contributed by atoms with van der Waals surface area (Å²) in [7, 11) is 0. The zero-order chi connectivity index (χ0) is 13.1. The number of carbonyl (C=O) groups excluding carboxylic acids is 1. The summed E-state index contributed by atoms with van der Waals surface area (Å²) in [6.07, 6.45) is 5.23. The van der Waals surface area contributed by atoms with Crippen LogP contribution in [0.25, 0.3) is 0 Å². The van der Waals surface area contributed by atoms with Gasteiger partial charge in [0.05, 0.1) is 0 Å². The largest absolute Gasteiger partial charge is 0.343 e. The van der Waals surface area contributed by atoms with Crippen molar-refractivity contribution in [2.75, 3.05) is 13.1 Å². The molecule has 1 N–H and O–H groups in total. The van der Waals surface area contributed by atoms with Gasteiger partial charge in [-0.3, -0.25) is 4.79 Å². The summed E-state index contributed by atoms with van der Waals surface area (Å²) < 4.78 is 0. The van der Waals surface area contributed by atoms with Gasteiger partial charge < -0.3 is 10.2 Å². The van der Waals surface area contributed by atoms with Crippen molar-refractivity contribution in [3.05, 3.63) is 35.4 Å². The van der Waals surface area contributed by atoms with Gasteiger partial charge in [0.2, 0.25) is 5.91 Å². The molecule has 1 aromatic rings. The van der Waals surface area contributed by atoms with Crippen LogP contribution in [0.4, 0.5) is 0 Å². The first-order valence-corrected chi connectivity index (χ1v) is 7.43. The summed E-state index contributed by atoms with van der Waals surface area (Å²) >= 11 is 0. The molecule has 2 heterocycles. The van der Waals surface area contributed by atoms with E-state index in [1.165, 1.54) is 30.4 Å². The molecule has 2 aliphatic heterocycles. The number of hydrogen-bond donors (Lipinski definition) is 1. The predicted octanol–water partition coefficient (Wildman–Crippen LogP) is 2.62. The SMILES string of the molecule is O=C(CCC1NCc2ccccc21)N1CCCCC1. The maximum atomic E-state index is 12.2. The second kappa shape index (κ2) is 5.74. The maximum Gasteiger partial charge on any atom is 0.222 e. The number of hydrogen-bond acceptors (Lipinski definition) is 2. The van der Waals surface area contributed by atoms with Crippen LogP contribution in [0.1, 0.15) is 49.3 Å². The van der Waals surface area contributed by atoms with Gasteiger partial charge in [-0.2, -0.15) is 0 Å². The van der Waals surface area contributed by atoms with Gasteiger partial charge in [-0.25, -0.2) is 0 Å². The van der Waals surface area contributed by atoms with Gasteiger partial charge >= 0.3 is 0 Å². The van der Waals surface area contributed by atoms with Crippen molar-refractivity contribution in [2.24, 2.45) is 0 Å². The molecule has 0 aromatic heterocycles. The lowest BCUT2D eigenvalue weighted by molar-refractivity contribution is -0.132. The highest BCUT2D eigenvalue weighted by Crippen LogP contribution is 2.28. The van der Waals surface area contributed by atoms with Crippen molar-refractivity contribution in [3.63, 3.8) is 0 Å². The van der Waals surface area contributed by atoms with Gasteiger partial charge in [0.15, 0.2) is 0 Å². The van der Waals surface area contributed by atoms with E-state index in [1.54, 1.807) is 0 Å². The van der Waals surface area contributed by atoms with Gasteiger partial charge in [0, 0.05) is 32.1 Å². The normalized spacial score (nSPS) is 22.3. The third-order valence-corrected chi connectivity index (χ3v) is 4.33. The molecular weight excluding hydrogens is 236 g/mol. The van der Waals surface area contributed by atoms with E-state index in [-0.39, 0.29) is 0 Å². The summed E-state index contributed by atoms with van der Waals surface area (Å²) in [6, 6.07) is 8.90. The summed E-state index contributed by atoms with van der Waals surface area (Å²) in [5.74, 6) is 0.339. The molecule has 19 heavy (non-hydrogen) atoms. The molecule has 3 rings (SSSR count). The Balaban J connectivity index is 1.54. The van der Waals surface area contributed by atoms with Crippen LogP contribution in [0.5, 0.6) is 0 Å². The Morgan fingerprint density at radius 3 is 2.84 bits per heavy atom. The van der Waals surface area contributed by atoms with Gasteiger partial charge in [-0.05, 0) is 36.8 Å². The number of rotatable bonds is 3. The maximum absolute atomic E-state index is 12.2. The second-order valence-corrected chi connectivity index (χ2v) is 5.61. The molecule has 1 aromatic carbocycles. The first kappa shape index (κ1) is 12.7. The number of nitrogens with one attached hydrogen (secondary N) is 1. The molecule has 1 atom stereocenters. The molecule has 0 bridgehead atoms. The highest BCUT2D eigenvalue weighted by Gasteiger charge is 2.23. The monoisotopic (exact) mass is 258 g/mol. The Labute approximate surface area is 115 Å². The third-order valence-electron chi connectivity index (χ3n) is 4.33. The van der Waals surface area contributed by atoms with E-state index < -0.39 is 0 Å². The molecule has 0 spiro atoms. The quantitative estimate of drug-likeness (QED) is 0.904. The van der Waals surface area contributed by atoms with Crippen LogP contribution in [-0.2, 0) is 11.3 Å². The number of likely N-dealkylation sites (tertiary alicyclic amines) is 1. The molecule has 1 unspecified atom stereocenters. The van der Waals surface area contributed by atoms with E-state index in [0.717, 1.165) is 26.1 Å². The predicted molar refractivity (Wildman–Crippen MR) is 75.7 cm³/mol. The minimum atomic E-state index is 0.339. The number of piperidine rings is 1. The Morgan fingerprint density at radius 1 is 1.21 bits per heavy atom. The highest BCUT2D eigenvalue weighted by atomic mass is 16.2. The van der Waals surface area contributed by atoms with Crippen LogP contribution in [0, 0.1) is 0 Å². The minimum absolute atomic E-state index is 0.339. The van der Waals surface area contributed by atoms with Crippen molar-refractivity contribution in [2.45, 2.75) is 44.7 Å². The topological polar surface area (TPSA) is 32.3 Å². The number of fused-ring (bicyclic) bond motifs is 1. The lowest BCUT2D eigenvalue weighted by Gasteiger charge is -2.27. The Bertz CT molecular complexity index is 452. The average Bonchev–Trinajstić information content (AvgIpc) is 2.89. The smallest absolute Gasteiger partial charge is 0.222 e. The fraction of sp³-hybridized carbons (Fsp3) is 0.562. The Hall–Kier alpha value is -1.35. The fourth-order valence-corrected chi connectivity index (χ4v) is 3.21. The van der Waals surface area contributed by atoms with E-state index in [4.69, 9.17) is 0 Å². The molecule has 0 saturated carbocycles. The standard InChI is InChI=1S/C16H22N2O/c19-16(18-10-4-1-5-11-18)9-8-15-14-7-3-2-6-13(14)12-17-15/h2-3,6-7,15,17H,1,4-5,8-12H2. The minimum Gasteiger partial charge on any atom is -0.343 e. The number of amides is 1. The summed E-state index contributed by atoms with van der Waals surface area (Å²) in [6.45, 7) is 2.87. The van der Waals surface area contributed by atoms with Crippen LogP contribution in [-0.4, -0.2) is 23.9 Å². The zero-order valence-corrected chi connectivity index (χ0v) is 11.4. The van der Waals surface area contributed by atoms with Crippen molar-refractivity contribution in [3.8, 4) is 0 Å².